The van der Waals surface area contributed by atoms with Crippen molar-refractivity contribution in [2.24, 2.45) is 0 Å². The summed E-state index contributed by atoms with van der Waals surface area (Å²) in [5, 5.41) is 11.0. The van der Waals surface area contributed by atoms with E-state index in [0.717, 1.165) is 44.4 Å². The highest BCUT2D eigenvalue weighted by molar-refractivity contribution is 7.98. The Morgan fingerprint density at radius 2 is 1.49 bits per heavy atom. The van der Waals surface area contributed by atoms with Gasteiger partial charge in [0.2, 0.25) is 8.32 Å². The molecule has 0 fully saturated rings. The molecule has 53 heavy (non-hydrogen) atoms. The summed E-state index contributed by atoms with van der Waals surface area (Å²) in [6.07, 6.45) is 2.04. The van der Waals surface area contributed by atoms with Gasteiger partial charge < -0.3 is 19.0 Å². The molecule has 280 valence electrons. The summed E-state index contributed by atoms with van der Waals surface area (Å²) in [6.45, 7) is 20.3. The first-order valence-electron chi connectivity index (χ1n) is 17.9. The van der Waals surface area contributed by atoms with Gasteiger partial charge in [-0.05, 0) is 84.4 Å². The van der Waals surface area contributed by atoms with Gasteiger partial charge in [0.15, 0.2) is 0 Å². The lowest BCUT2D eigenvalue weighted by Crippen LogP contribution is -2.43. The molecule has 0 bridgehead atoms. The molecule has 0 saturated carbocycles. The van der Waals surface area contributed by atoms with Gasteiger partial charge in [0, 0.05) is 34.7 Å². The Morgan fingerprint density at radius 3 is 2.11 bits per heavy atom. The molecule has 5 aromatic rings. The summed E-state index contributed by atoms with van der Waals surface area (Å²) in [7, 11) is -1.99. The number of pyridine rings is 1. The van der Waals surface area contributed by atoms with E-state index in [1.165, 1.54) is 6.07 Å². The van der Waals surface area contributed by atoms with Crippen molar-refractivity contribution in [2.45, 2.75) is 96.6 Å². The third-order valence-corrected chi connectivity index (χ3v) is 15.0. The van der Waals surface area contributed by atoms with Crippen molar-refractivity contribution in [2.75, 3.05) is 11.6 Å². The maximum Gasteiger partial charge on any atom is 0.320 e. The maximum atomic E-state index is 13.4. The third kappa shape index (κ3) is 9.82. The second kappa shape index (κ2) is 16.1. The van der Waals surface area contributed by atoms with Crippen LogP contribution in [0.25, 0.3) is 5.69 Å². The van der Waals surface area contributed by atoms with E-state index in [9.17, 15) is 9.59 Å². The van der Waals surface area contributed by atoms with Crippen molar-refractivity contribution in [1.82, 2.24) is 19.7 Å². The third-order valence-electron chi connectivity index (χ3n) is 9.76. The number of rotatable bonds is 12. The monoisotopic (exact) mass is 751 g/mol. The first-order valence-corrected chi connectivity index (χ1v) is 22.1. The van der Waals surface area contributed by atoms with E-state index in [0.29, 0.717) is 18.1 Å². The number of ether oxygens (including phenoxy) is 1. The van der Waals surface area contributed by atoms with Gasteiger partial charge in [-0.15, -0.1) is 11.8 Å². The number of carbonyl (C=O) groups excluding carboxylic acids is 1. The second-order valence-electron chi connectivity index (χ2n) is 15.9. The average molecular weight is 752 g/mol. The molecule has 9 nitrogen and oxygen atoms in total. The number of aryl methyl sites for hydroxylation is 1. The van der Waals surface area contributed by atoms with Gasteiger partial charge in [-0.1, -0.05) is 84.0 Å². The molecule has 2 heterocycles. The largest absolute Gasteiger partial charge is 0.544 e. The minimum Gasteiger partial charge on any atom is -0.544 e. The number of nitrogens with one attached hydrogen (secondary N) is 2. The summed E-state index contributed by atoms with van der Waals surface area (Å²) in [6, 6.07) is 28.8. The number of thioether (sulfide) groups is 1. The molecule has 0 radical (unpaired) electrons. The lowest BCUT2D eigenvalue weighted by Gasteiger charge is -2.36. The topological polar surface area (TPSA) is 99.4 Å². The van der Waals surface area contributed by atoms with Crippen LogP contribution in [-0.2, 0) is 25.1 Å². The molecule has 11 heteroatoms. The van der Waals surface area contributed by atoms with Crippen LogP contribution in [-0.4, -0.2) is 35.0 Å². The number of anilines is 1. The fourth-order valence-corrected chi connectivity index (χ4v) is 7.13. The van der Waals surface area contributed by atoms with E-state index in [1.54, 1.807) is 21.0 Å². The minimum atomic E-state index is -1.99. The van der Waals surface area contributed by atoms with Crippen LogP contribution in [0.15, 0.2) is 101 Å². The van der Waals surface area contributed by atoms with Crippen molar-refractivity contribution < 1.29 is 14.0 Å². The van der Waals surface area contributed by atoms with Crippen LogP contribution in [0.3, 0.4) is 0 Å². The summed E-state index contributed by atoms with van der Waals surface area (Å²) < 4.78 is 16.1. The summed E-state index contributed by atoms with van der Waals surface area (Å²) in [4.78, 5) is 27.7. The summed E-state index contributed by atoms with van der Waals surface area (Å²) >= 11 is 1.67. The van der Waals surface area contributed by atoms with Crippen molar-refractivity contribution >= 4 is 31.9 Å². The Balaban J connectivity index is 1.25. The van der Waals surface area contributed by atoms with Crippen LogP contribution in [0.4, 0.5) is 10.6 Å². The van der Waals surface area contributed by atoms with Gasteiger partial charge in [-0.3, -0.25) is 10.1 Å². The van der Waals surface area contributed by atoms with E-state index in [-0.39, 0.29) is 35.2 Å². The molecule has 2 N–H and O–H groups in total. The molecule has 2 amide bonds. The van der Waals surface area contributed by atoms with Gasteiger partial charge in [-0.25, -0.2) is 9.48 Å². The molecular formula is C42H53N5O4SSi. The average Bonchev–Trinajstić information content (AvgIpc) is 3.52. The zero-order valence-electron chi connectivity index (χ0n) is 32.7. The van der Waals surface area contributed by atoms with Crippen molar-refractivity contribution in [3.05, 3.63) is 129 Å². The van der Waals surface area contributed by atoms with Crippen molar-refractivity contribution in [3.63, 3.8) is 0 Å². The Hall–Kier alpha value is -4.74. The normalized spacial score (nSPS) is 12.0. The van der Waals surface area contributed by atoms with Crippen LogP contribution < -0.4 is 25.4 Å². The number of hydrogen-bond acceptors (Lipinski definition) is 6. The van der Waals surface area contributed by atoms with E-state index in [2.05, 4.69) is 77.4 Å². The molecule has 0 saturated heterocycles. The van der Waals surface area contributed by atoms with Gasteiger partial charge in [0.25, 0.3) is 5.56 Å². The van der Waals surface area contributed by atoms with Crippen LogP contribution in [0.1, 0.15) is 69.6 Å². The number of aromatic nitrogens is 3. The van der Waals surface area contributed by atoms with Gasteiger partial charge in [0.1, 0.15) is 23.9 Å². The van der Waals surface area contributed by atoms with E-state index >= 15 is 0 Å². The number of urea groups is 1. The van der Waals surface area contributed by atoms with E-state index in [1.807, 2.05) is 86.0 Å². The van der Waals surface area contributed by atoms with Crippen LogP contribution >= 0.6 is 11.8 Å². The Morgan fingerprint density at radius 1 is 0.849 bits per heavy atom. The predicted octanol–water partition coefficient (Wildman–Crippen LogP) is 9.69. The molecular weight excluding hydrogens is 699 g/mol. The number of amides is 2. The zero-order valence-corrected chi connectivity index (χ0v) is 34.5. The van der Waals surface area contributed by atoms with Crippen LogP contribution in [0.2, 0.25) is 18.1 Å². The number of hydrogen-bond donors (Lipinski definition) is 2. The summed E-state index contributed by atoms with van der Waals surface area (Å²) in [5.41, 5.74) is 5.05. The van der Waals surface area contributed by atoms with Crippen molar-refractivity contribution in [3.8, 4) is 17.2 Å². The minimum absolute atomic E-state index is 0.0843. The standard InChI is InChI=1S/C42H53N5O4SSi/c1-29-23-35(24-39(48)46(29)27-31-16-13-14-18-36(31)52-8)50-28-32-17-12-11-15-30(32)26-43-40(49)44-38-25-37(41(2,3)4)45-47(38)33-19-21-34(22-20-33)51-53(9,10)42(5,6)7/h11-25H,26-28H2,1-10H3,(H2,43,44,49). The molecule has 3 aromatic carbocycles. The molecule has 0 atom stereocenters. The lowest BCUT2D eigenvalue weighted by molar-refractivity contribution is 0.251. The highest BCUT2D eigenvalue weighted by Gasteiger charge is 2.39. The predicted molar refractivity (Wildman–Crippen MR) is 219 cm³/mol. The number of carbonyl (C=O) groups is 1. The van der Waals surface area contributed by atoms with Crippen molar-refractivity contribution in [1.29, 1.82) is 0 Å². The molecule has 2 aromatic heterocycles. The fourth-order valence-electron chi connectivity index (χ4n) is 5.49. The van der Waals surface area contributed by atoms with E-state index in [4.69, 9.17) is 14.3 Å². The molecule has 0 spiro atoms. The summed E-state index contributed by atoms with van der Waals surface area (Å²) in [5.74, 6) is 1.89. The highest BCUT2D eigenvalue weighted by Crippen LogP contribution is 2.37. The molecule has 0 unspecified atom stereocenters. The number of benzene rings is 3. The molecule has 0 aliphatic rings. The molecule has 0 aliphatic carbocycles. The molecule has 0 aliphatic heterocycles. The maximum absolute atomic E-state index is 13.4. The molecule has 5 rings (SSSR count). The quantitative estimate of drug-likeness (QED) is 0.0973. The second-order valence-corrected chi connectivity index (χ2v) is 21.4. The SMILES string of the molecule is CSc1ccccc1Cn1c(C)cc(OCc2ccccc2CNC(=O)Nc2cc(C(C)(C)C)nn2-c2ccc(O[Si](C)(C)C(C)(C)C)cc2)cc1=O. The van der Waals surface area contributed by atoms with Gasteiger partial charge >= 0.3 is 6.03 Å². The van der Waals surface area contributed by atoms with E-state index < -0.39 is 8.32 Å². The van der Waals surface area contributed by atoms with Gasteiger partial charge in [0.05, 0.1) is 17.9 Å². The lowest BCUT2D eigenvalue weighted by atomic mass is 9.92. The zero-order chi connectivity index (χ0) is 38.6. The van der Waals surface area contributed by atoms with Crippen LogP contribution in [0, 0.1) is 6.92 Å². The Kier molecular flexibility index (Phi) is 12.0. The Bertz CT molecular complexity index is 2110. The highest BCUT2D eigenvalue weighted by atomic mass is 32.2. The van der Waals surface area contributed by atoms with Crippen LogP contribution in [0.5, 0.6) is 11.5 Å². The number of nitrogens with zero attached hydrogens (tertiary/aromatic N) is 3. The Labute approximate surface area is 319 Å². The first-order chi connectivity index (χ1) is 24.9. The first kappa shape index (κ1) is 39.5. The smallest absolute Gasteiger partial charge is 0.320 e. The fraction of sp³-hybridized carbons (Fsp3) is 0.357. The van der Waals surface area contributed by atoms with Gasteiger partial charge in [-0.2, -0.15) is 5.10 Å².